The molecule has 0 bridgehead atoms. The van der Waals surface area contributed by atoms with Gasteiger partial charge < -0.3 is 14.7 Å². The lowest BCUT2D eigenvalue weighted by molar-refractivity contribution is -0.00466. The summed E-state index contributed by atoms with van der Waals surface area (Å²) in [4.78, 5) is 13.5. The molecule has 1 aromatic rings. The van der Waals surface area contributed by atoms with Crippen molar-refractivity contribution >= 4 is 11.5 Å². The summed E-state index contributed by atoms with van der Waals surface area (Å²) in [5.41, 5.74) is 1.16. The fourth-order valence-electron chi connectivity index (χ4n) is 2.61. The van der Waals surface area contributed by atoms with Gasteiger partial charge in [0.1, 0.15) is 5.75 Å². The largest absolute Gasteiger partial charge is 0.507 e. The number of carbonyl (C=O) groups is 1. The zero-order valence-corrected chi connectivity index (χ0v) is 11.8. The Balaban J connectivity index is 2.23. The lowest BCUT2D eigenvalue weighted by atomic mass is 9.94. The van der Waals surface area contributed by atoms with Crippen molar-refractivity contribution in [2.75, 3.05) is 25.1 Å². The first-order valence-corrected chi connectivity index (χ1v) is 6.59. The number of Topliss-reactive ketones (excluding diaryl/α,β-unsaturated/α-hetero) is 1. The normalized spacial score (nSPS) is 23.4. The number of anilines is 1. The first-order chi connectivity index (χ1) is 8.95. The quantitative estimate of drug-likeness (QED) is 0.852. The molecule has 1 heterocycles. The van der Waals surface area contributed by atoms with Crippen molar-refractivity contribution in [3.63, 3.8) is 0 Å². The Kier molecular flexibility index (Phi) is 3.80. The molecule has 0 aliphatic carbocycles. The van der Waals surface area contributed by atoms with E-state index in [-0.39, 0.29) is 17.1 Å². The topological polar surface area (TPSA) is 49.8 Å². The Bertz CT molecular complexity index is 486. The number of benzene rings is 1. The Labute approximate surface area is 114 Å². The number of aromatic hydroxyl groups is 1. The third-order valence-corrected chi connectivity index (χ3v) is 3.88. The first-order valence-electron chi connectivity index (χ1n) is 6.59. The van der Waals surface area contributed by atoms with Crippen LogP contribution in [0.25, 0.3) is 0 Å². The molecule has 1 fully saturated rings. The number of hydrogen-bond acceptors (Lipinski definition) is 4. The summed E-state index contributed by atoms with van der Waals surface area (Å²) in [5.74, 6) is -0.0703. The highest BCUT2D eigenvalue weighted by Gasteiger charge is 2.31. The van der Waals surface area contributed by atoms with E-state index in [1.54, 1.807) is 19.2 Å². The molecule has 1 aromatic carbocycles. The maximum Gasteiger partial charge on any atom is 0.163 e. The zero-order chi connectivity index (χ0) is 14.0. The van der Waals surface area contributed by atoms with E-state index in [1.807, 2.05) is 6.07 Å². The van der Waals surface area contributed by atoms with Gasteiger partial charge in [0, 0.05) is 32.0 Å². The van der Waals surface area contributed by atoms with Crippen LogP contribution in [-0.4, -0.2) is 36.7 Å². The number of carbonyl (C=O) groups excluding carboxylic acids is 1. The molecule has 4 heteroatoms. The Morgan fingerprint density at radius 1 is 1.47 bits per heavy atom. The van der Waals surface area contributed by atoms with Crippen molar-refractivity contribution in [2.45, 2.75) is 32.3 Å². The minimum absolute atomic E-state index is 0.0506. The lowest BCUT2D eigenvalue weighted by Crippen LogP contribution is -2.47. The molecule has 104 valence electrons. The van der Waals surface area contributed by atoms with Crippen molar-refractivity contribution in [1.29, 1.82) is 0 Å². The highest BCUT2D eigenvalue weighted by molar-refractivity contribution is 5.97. The average Bonchev–Trinajstić information content (AvgIpc) is 2.38. The summed E-state index contributed by atoms with van der Waals surface area (Å²) in [7, 11) is 1.74. The zero-order valence-electron chi connectivity index (χ0n) is 11.8. The molecule has 2 rings (SSSR count). The minimum Gasteiger partial charge on any atom is -0.507 e. The van der Waals surface area contributed by atoms with Gasteiger partial charge in [-0.1, -0.05) is 0 Å². The Hall–Kier alpha value is -1.55. The van der Waals surface area contributed by atoms with Gasteiger partial charge in [0.15, 0.2) is 5.78 Å². The van der Waals surface area contributed by atoms with Gasteiger partial charge in [0.25, 0.3) is 0 Å². The number of rotatable bonds is 3. The molecule has 19 heavy (non-hydrogen) atoms. The van der Waals surface area contributed by atoms with Gasteiger partial charge in [-0.15, -0.1) is 0 Å². The van der Waals surface area contributed by atoms with E-state index in [0.717, 1.165) is 31.6 Å². The van der Waals surface area contributed by atoms with E-state index in [4.69, 9.17) is 4.74 Å². The van der Waals surface area contributed by atoms with Crippen LogP contribution in [0.3, 0.4) is 0 Å². The van der Waals surface area contributed by atoms with Crippen LogP contribution in [0.4, 0.5) is 5.69 Å². The SMILES string of the molecule is COC1(C)CCCN(c2ccc(C(C)=O)c(O)c2)C1. The van der Waals surface area contributed by atoms with Gasteiger partial charge in [0.2, 0.25) is 0 Å². The molecular formula is C15H21NO3. The molecular weight excluding hydrogens is 242 g/mol. The summed E-state index contributed by atoms with van der Waals surface area (Å²) in [6.07, 6.45) is 2.09. The van der Waals surface area contributed by atoms with E-state index in [0.29, 0.717) is 5.56 Å². The van der Waals surface area contributed by atoms with E-state index in [1.165, 1.54) is 6.92 Å². The van der Waals surface area contributed by atoms with E-state index in [9.17, 15) is 9.90 Å². The second kappa shape index (κ2) is 5.21. The third kappa shape index (κ3) is 2.89. The molecule has 0 spiro atoms. The molecule has 1 saturated heterocycles. The Morgan fingerprint density at radius 2 is 2.21 bits per heavy atom. The molecule has 1 unspecified atom stereocenters. The van der Waals surface area contributed by atoms with Crippen LogP contribution in [-0.2, 0) is 4.74 Å². The van der Waals surface area contributed by atoms with Crippen molar-refractivity contribution < 1.29 is 14.6 Å². The molecule has 1 aliphatic heterocycles. The van der Waals surface area contributed by atoms with Crippen molar-refractivity contribution in [1.82, 2.24) is 0 Å². The monoisotopic (exact) mass is 263 g/mol. The molecule has 0 aromatic heterocycles. The first kappa shape index (κ1) is 13.9. The standard InChI is InChI=1S/C15H21NO3/c1-11(17)13-6-5-12(9-14(13)18)16-8-4-7-15(2,10-16)19-3/h5-6,9,18H,4,7-8,10H2,1-3H3. The molecule has 1 N–H and O–H groups in total. The van der Waals surface area contributed by atoms with Crippen LogP contribution in [0.15, 0.2) is 18.2 Å². The van der Waals surface area contributed by atoms with Gasteiger partial charge in [0.05, 0.1) is 11.2 Å². The molecule has 1 atom stereocenters. The number of phenols is 1. The van der Waals surface area contributed by atoms with Gasteiger partial charge in [-0.25, -0.2) is 0 Å². The number of ketones is 1. The molecule has 4 nitrogen and oxygen atoms in total. The van der Waals surface area contributed by atoms with E-state index in [2.05, 4.69) is 11.8 Å². The van der Waals surface area contributed by atoms with E-state index >= 15 is 0 Å². The average molecular weight is 263 g/mol. The molecule has 0 radical (unpaired) electrons. The number of piperidine rings is 1. The Morgan fingerprint density at radius 3 is 2.79 bits per heavy atom. The second-order valence-electron chi connectivity index (χ2n) is 5.44. The number of nitrogens with zero attached hydrogens (tertiary/aromatic N) is 1. The van der Waals surface area contributed by atoms with Crippen LogP contribution in [0.5, 0.6) is 5.75 Å². The van der Waals surface area contributed by atoms with Crippen molar-refractivity contribution in [2.24, 2.45) is 0 Å². The summed E-state index contributed by atoms with van der Waals surface area (Å²) in [5, 5.41) is 9.90. The predicted molar refractivity (Wildman–Crippen MR) is 75.0 cm³/mol. The van der Waals surface area contributed by atoms with E-state index < -0.39 is 0 Å². The molecule has 0 amide bonds. The van der Waals surface area contributed by atoms with Gasteiger partial charge in [-0.2, -0.15) is 0 Å². The molecule has 0 saturated carbocycles. The predicted octanol–water partition coefficient (Wildman–Crippen LogP) is 2.60. The number of methoxy groups -OCH3 is 1. The minimum atomic E-state index is -0.146. The van der Waals surface area contributed by atoms with Crippen LogP contribution in [0.2, 0.25) is 0 Å². The highest BCUT2D eigenvalue weighted by atomic mass is 16.5. The van der Waals surface area contributed by atoms with Crippen LogP contribution in [0, 0.1) is 0 Å². The second-order valence-corrected chi connectivity index (χ2v) is 5.44. The smallest absolute Gasteiger partial charge is 0.163 e. The maximum atomic E-state index is 11.3. The number of phenolic OH excluding ortho intramolecular Hbond substituents is 1. The highest BCUT2D eigenvalue weighted by Crippen LogP contribution is 2.31. The van der Waals surface area contributed by atoms with Crippen LogP contribution < -0.4 is 4.90 Å². The summed E-state index contributed by atoms with van der Waals surface area (Å²) >= 11 is 0. The third-order valence-electron chi connectivity index (χ3n) is 3.88. The van der Waals surface area contributed by atoms with Gasteiger partial charge in [-0.3, -0.25) is 4.79 Å². The van der Waals surface area contributed by atoms with Gasteiger partial charge in [-0.05, 0) is 38.8 Å². The maximum absolute atomic E-state index is 11.3. The van der Waals surface area contributed by atoms with Crippen LogP contribution >= 0.6 is 0 Å². The van der Waals surface area contributed by atoms with Gasteiger partial charge >= 0.3 is 0 Å². The summed E-state index contributed by atoms with van der Waals surface area (Å²) < 4.78 is 5.56. The lowest BCUT2D eigenvalue weighted by Gasteiger charge is -2.40. The van der Waals surface area contributed by atoms with Crippen LogP contribution in [0.1, 0.15) is 37.0 Å². The number of hydrogen-bond donors (Lipinski definition) is 1. The van der Waals surface area contributed by atoms with Crippen molar-refractivity contribution in [3.05, 3.63) is 23.8 Å². The summed E-state index contributed by atoms with van der Waals surface area (Å²) in [6.45, 7) is 5.29. The fourth-order valence-corrected chi connectivity index (χ4v) is 2.61. The fraction of sp³-hybridized carbons (Fsp3) is 0.533. The number of ether oxygens (including phenoxy) is 1. The van der Waals surface area contributed by atoms with Crippen molar-refractivity contribution in [3.8, 4) is 5.75 Å². The molecule has 1 aliphatic rings. The summed E-state index contributed by atoms with van der Waals surface area (Å²) in [6, 6.07) is 5.24.